The Bertz CT molecular complexity index is 729. The van der Waals surface area contributed by atoms with Gasteiger partial charge in [0, 0.05) is 22.4 Å². The van der Waals surface area contributed by atoms with E-state index in [4.69, 9.17) is 0 Å². The molecule has 0 radical (unpaired) electrons. The first-order valence-electron chi connectivity index (χ1n) is 23.2. The van der Waals surface area contributed by atoms with Crippen LogP contribution in [0.15, 0.2) is 29.4 Å². The van der Waals surface area contributed by atoms with Gasteiger partial charge in [0.1, 0.15) is 5.03 Å². The predicted molar refractivity (Wildman–Crippen MR) is 251 cm³/mol. The average molecular weight is 799 g/mol. The van der Waals surface area contributed by atoms with E-state index in [0.29, 0.717) is 0 Å². The van der Waals surface area contributed by atoms with Crippen LogP contribution in [0.25, 0.3) is 0 Å². The number of rotatable bonds is 40. The summed E-state index contributed by atoms with van der Waals surface area (Å²) in [4.78, 5) is 4.30. The Balaban J connectivity index is 0.00000120. The van der Waals surface area contributed by atoms with Gasteiger partial charge in [0.05, 0.1) is 0 Å². The Morgan fingerprint density at radius 1 is 0.423 bits per heavy atom. The van der Waals surface area contributed by atoms with E-state index in [1.165, 1.54) is 224 Å². The zero-order chi connectivity index (χ0) is 37.8. The van der Waals surface area contributed by atoms with Gasteiger partial charge < -0.3 is 0 Å². The Morgan fingerprint density at radius 3 is 1.08 bits per heavy atom. The lowest BCUT2D eigenvalue weighted by Crippen LogP contribution is -1.98. The largest absolute Gasteiger partial charge is 0.249 e. The normalized spacial score (nSPS) is 12.5. The molecule has 0 aromatic carbocycles. The minimum atomic E-state index is 0.831. The van der Waals surface area contributed by atoms with Crippen LogP contribution < -0.4 is 0 Å². The summed E-state index contributed by atoms with van der Waals surface area (Å²) in [5.41, 5.74) is 0. The third-order valence-corrected chi connectivity index (χ3v) is 16.1. The average Bonchev–Trinajstić information content (AvgIpc) is 3.16. The summed E-state index contributed by atoms with van der Waals surface area (Å²) >= 11 is 0. The van der Waals surface area contributed by atoms with Crippen molar-refractivity contribution in [1.82, 2.24) is 4.98 Å². The van der Waals surface area contributed by atoms with Crippen LogP contribution in [0.2, 0.25) is 0 Å². The molecule has 1 aromatic rings. The summed E-state index contributed by atoms with van der Waals surface area (Å²) in [5, 5.41) is 2.79. The molecule has 308 valence electrons. The number of hydrogen-bond acceptors (Lipinski definition) is 5. The van der Waals surface area contributed by atoms with Gasteiger partial charge in [-0.05, 0) is 42.2 Å². The summed E-state index contributed by atoms with van der Waals surface area (Å²) in [6, 6.07) is 6.09. The van der Waals surface area contributed by atoms with Crippen molar-refractivity contribution in [2.75, 3.05) is 5.75 Å². The minimum Gasteiger partial charge on any atom is -0.249 e. The first-order chi connectivity index (χ1) is 25.6. The molecular weight excluding hydrogens is 707 g/mol. The van der Waals surface area contributed by atoms with Crippen LogP contribution in [0.4, 0.5) is 0 Å². The lowest BCUT2D eigenvalue weighted by atomic mass is 10.0. The molecule has 0 amide bonds. The predicted octanol–water partition coefficient (Wildman–Crippen LogP) is 19.3. The zero-order valence-electron chi connectivity index (χ0n) is 35.8. The molecule has 0 aliphatic rings. The lowest BCUT2D eigenvalue weighted by molar-refractivity contribution is 0.539. The van der Waals surface area contributed by atoms with Gasteiger partial charge in [0.2, 0.25) is 0 Å². The molecule has 0 aliphatic heterocycles. The van der Waals surface area contributed by atoms with Crippen molar-refractivity contribution in [3.05, 3.63) is 24.4 Å². The molecule has 1 rings (SSSR count). The summed E-state index contributed by atoms with van der Waals surface area (Å²) in [7, 11) is 8.07. The van der Waals surface area contributed by atoms with Gasteiger partial charge in [-0.1, -0.05) is 272 Å². The van der Waals surface area contributed by atoms with E-state index >= 15 is 0 Å². The molecule has 0 bridgehead atoms. The van der Waals surface area contributed by atoms with Gasteiger partial charge in [0.25, 0.3) is 0 Å². The minimum absolute atomic E-state index is 0.831. The molecule has 2 unspecified atom stereocenters. The highest BCUT2D eigenvalue weighted by Gasteiger charge is 2.08. The van der Waals surface area contributed by atoms with Gasteiger partial charge in [-0.15, -0.1) is 0 Å². The first-order valence-corrected chi connectivity index (χ1v) is 27.8. The highest BCUT2D eigenvalue weighted by molar-refractivity contribution is 8.77. The zero-order valence-corrected chi connectivity index (χ0v) is 39.1. The maximum Gasteiger partial charge on any atom is 0.106 e. The van der Waals surface area contributed by atoms with E-state index < -0.39 is 0 Å². The molecule has 5 heteroatoms. The molecule has 1 heterocycles. The van der Waals surface area contributed by atoms with E-state index in [2.05, 4.69) is 67.3 Å². The fourth-order valence-electron chi connectivity index (χ4n) is 6.62. The van der Waals surface area contributed by atoms with Crippen LogP contribution in [-0.2, 0) is 0 Å². The van der Waals surface area contributed by atoms with Gasteiger partial charge in [-0.3, -0.25) is 0 Å². The standard InChI is InChI=1S/C32H66S2.C15H25NS2/c1-5-7-9-11-13-15-17-19-21-23-25-27-29-31(3)33-34-32(4)30-28-26-24-22-20-18-16-14-12-10-8-6-2;1-2-3-4-5-6-7-8-11-14-17-18-15-12-9-10-13-16-15/h31-32H,5-30H2,1-4H3;9-10,12-13H,2-8,11,14H2,1H3. The molecule has 0 fully saturated rings. The molecule has 0 aliphatic carbocycles. The van der Waals surface area contributed by atoms with Crippen LogP contribution in [0.5, 0.6) is 0 Å². The Kier molecular flexibility index (Phi) is 46.4. The highest BCUT2D eigenvalue weighted by Crippen LogP contribution is 2.35. The molecule has 0 saturated carbocycles. The number of pyridine rings is 1. The van der Waals surface area contributed by atoms with Crippen molar-refractivity contribution >= 4 is 43.2 Å². The Morgan fingerprint density at radius 2 is 0.750 bits per heavy atom. The van der Waals surface area contributed by atoms with Gasteiger partial charge in [-0.2, -0.15) is 0 Å². The topological polar surface area (TPSA) is 12.9 Å². The second kappa shape index (κ2) is 45.9. The van der Waals surface area contributed by atoms with E-state index in [9.17, 15) is 0 Å². The number of hydrogen-bond donors (Lipinski definition) is 0. The number of aromatic nitrogens is 1. The van der Waals surface area contributed by atoms with Crippen LogP contribution in [-0.4, -0.2) is 21.2 Å². The van der Waals surface area contributed by atoms with Gasteiger partial charge in [-0.25, -0.2) is 4.98 Å². The van der Waals surface area contributed by atoms with Crippen molar-refractivity contribution in [2.45, 2.75) is 268 Å². The van der Waals surface area contributed by atoms with Crippen LogP contribution in [0.3, 0.4) is 0 Å². The maximum atomic E-state index is 4.30. The van der Waals surface area contributed by atoms with E-state index in [1.807, 2.05) is 29.1 Å². The monoisotopic (exact) mass is 798 g/mol. The second-order valence-corrected chi connectivity index (χ2v) is 21.3. The number of nitrogens with zero attached hydrogens (tertiary/aromatic N) is 1. The smallest absolute Gasteiger partial charge is 0.106 e. The fourth-order valence-corrected chi connectivity index (χ4v) is 11.3. The molecule has 1 nitrogen and oxygen atoms in total. The Hall–Kier alpha value is 0.550. The van der Waals surface area contributed by atoms with Crippen LogP contribution >= 0.6 is 43.2 Å². The molecule has 52 heavy (non-hydrogen) atoms. The third-order valence-electron chi connectivity index (χ3n) is 10.2. The van der Waals surface area contributed by atoms with Gasteiger partial charge in [0.15, 0.2) is 0 Å². The van der Waals surface area contributed by atoms with Crippen LogP contribution in [0, 0.1) is 0 Å². The fraction of sp³-hybridized carbons (Fsp3) is 0.894. The summed E-state index contributed by atoms with van der Waals surface area (Å²) < 4.78 is 0. The lowest BCUT2D eigenvalue weighted by Gasteiger charge is -2.14. The van der Waals surface area contributed by atoms with E-state index in [1.54, 1.807) is 10.8 Å². The van der Waals surface area contributed by atoms with E-state index in [-0.39, 0.29) is 0 Å². The molecule has 0 spiro atoms. The SMILES string of the molecule is CCCCCCCCCCCCCCC(C)SSC(C)CCCCCCCCCCCCCC.CCCCCCCCCCSSc1ccccn1. The summed E-state index contributed by atoms with van der Waals surface area (Å²) in [6.45, 7) is 11.8. The summed E-state index contributed by atoms with van der Waals surface area (Å²) in [6.07, 6.45) is 50.9. The quantitative estimate of drug-likeness (QED) is 0.0483. The Labute approximate surface area is 344 Å². The van der Waals surface area contributed by atoms with Crippen molar-refractivity contribution in [2.24, 2.45) is 0 Å². The first kappa shape index (κ1) is 52.6. The van der Waals surface area contributed by atoms with Gasteiger partial charge >= 0.3 is 0 Å². The molecule has 0 N–H and O–H groups in total. The molecule has 2 atom stereocenters. The van der Waals surface area contributed by atoms with Crippen molar-refractivity contribution in [3.8, 4) is 0 Å². The van der Waals surface area contributed by atoms with E-state index in [0.717, 1.165) is 15.5 Å². The van der Waals surface area contributed by atoms with Crippen LogP contribution in [0.1, 0.15) is 253 Å². The maximum absolute atomic E-state index is 4.30. The molecular formula is C47H91NS4. The third kappa shape index (κ3) is 43.3. The molecule has 1 aromatic heterocycles. The van der Waals surface area contributed by atoms with Crippen molar-refractivity contribution < 1.29 is 0 Å². The highest BCUT2D eigenvalue weighted by atomic mass is 33.1. The number of unbranched alkanes of at least 4 members (excludes halogenated alkanes) is 29. The van der Waals surface area contributed by atoms with Crippen molar-refractivity contribution in [3.63, 3.8) is 0 Å². The summed E-state index contributed by atoms with van der Waals surface area (Å²) in [5.74, 6) is 1.25. The second-order valence-electron chi connectivity index (χ2n) is 15.7. The molecule has 0 saturated heterocycles. The van der Waals surface area contributed by atoms with Crippen molar-refractivity contribution in [1.29, 1.82) is 0 Å².